The number of nitrogens with zero attached hydrogens (tertiary/aromatic N) is 2. The molecular formula is C58H38N2O2. The summed E-state index contributed by atoms with van der Waals surface area (Å²) >= 11 is 0. The highest BCUT2D eigenvalue weighted by Crippen LogP contribution is 2.69. The minimum atomic E-state index is -0.881. The fraction of sp³-hybridized carbons (Fsp3) is 0.0345. The molecule has 3 aliphatic carbocycles. The zero-order valence-electron chi connectivity index (χ0n) is 33.7. The smallest absolute Gasteiger partial charge is 0.205 e. The predicted octanol–water partition coefficient (Wildman–Crippen LogP) is 14.9. The van der Waals surface area contributed by atoms with Gasteiger partial charge in [-0.2, -0.15) is 0 Å². The van der Waals surface area contributed by atoms with Crippen molar-refractivity contribution in [1.29, 1.82) is 0 Å². The van der Waals surface area contributed by atoms with Crippen molar-refractivity contribution in [2.45, 2.75) is 10.8 Å². The molecule has 8 aromatic carbocycles. The molecule has 3 aliphatic rings. The number of benzene rings is 8. The summed E-state index contributed by atoms with van der Waals surface area (Å²) in [7, 11) is 0. The van der Waals surface area contributed by atoms with Gasteiger partial charge in [-0.05, 0) is 93.0 Å². The first kappa shape index (κ1) is 34.8. The van der Waals surface area contributed by atoms with E-state index >= 15 is 0 Å². The Balaban J connectivity index is 1.21. The Bertz CT molecular complexity index is 2870. The van der Waals surface area contributed by atoms with Gasteiger partial charge in [0.15, 0.2) is 0 Å². The van der Waals surface area contributed by atoms with Gasteiger partial charge in [-0.1, -0.05) is 170 Å². The van der Waals surface area contributed by atoms with Gasteiger partial charge in [0, 0.05) is 46.0 Å². The predicted molar refractivity (Wildman–Crippen MR) is 249 cm³/mol. The van der Waals surface area contributed by atoms with E-state index in [-0.39, 0.29) is 0 Å². The van der Waals surface area contributed by atoms with Crippen molar-refractivity contribution < 1.29 is 8.83 Å². The van der Waals surface area contributed by atoms with Crippen molar-refractivity contribution in [3.05, 3.63) is 275 Å². The van der Waals surface area contributed by atoms with Gasteiger partial charge in [0.1, 0.15) is 22.4 Å². The molecule has 0 saturated carbocycles. The maximum atomic E-state index is 7.81. The van der Waals surface area contributed by atoms with Gasteiger partial charge < -0.3 is 8.83 Å². The summed E-state index contributed by atoms with van der Waals surface area (Å²) in [6, 6.07) is 82.3. The van der Waals surface area contributed by atoms with Crippen LogP contribution in [0.4, 0.5) is 34.5 Å². The van der Waals surface area contributed by atoms with Gasteiger partial charge >= 0.3 is 0 Å². The van der Waals surface area contributed by atoms with E-state index in [1.54, 1.807) is 0 Å². The van der Waals surface area contributed by atoms with Crippen LogP contribution in [0.3, 0.4) is 0 Å². The Morgan fingerprint density at radius 3 is 0.774 bits per heavy atom. The van der Waals surface area contributed by atoms with Crippen LogP contribution in [0.1, 0.15) is 44.9 Å². The number of furan rings is 2. The zero-order valence-corrected chi connectivity index (χ0v) is 33.7. The summed E-state index contributed by atoms with van der Waals surface area (Å²) in [6.45, 7) is 0. The Labute approximate surface area is 360 Å². The molecule has 62 heavy (non-hydrogen) atoms. The fourth-order valence-corrected chi connectivity index (χ4v) is 11.0. The topological polar surface area (TPSA) is 32.8 Å². The molecule has 0 N–H and O–H groups in total. The molecule has 0 saturated heterocycles. The molecule has 0 fully saturated rings. The summed E-state index contributed by atoms with van der Waals surface area (Å²) in [5.74, 6) is 3.24. The number of rotatable bonds is 6. The number of hydrogen-bond acceptors (Lipinski definition) is 4. The lowest BCUT2D eigenvalue weighted by atomic mass is 9.57. The standard InChI is InChI=1S/C58H38N2O2/c1-5-21-39(22-6-1)59(40-23-7-2-8-24-40)53-37-51-55(61-53)58(49-35-19-15-31-45(49)46-32-16-20-36-50(46)58)52-38-54(60(41-25-9-3-10-26-41)42-27-11-4-12-28-42)62-56(52)57(51)47-33-17-13-29-43(47)44-30-14-18-34-48(44)57/h1-38H. The highest BCUT2D eigenvalue weighted by atomic mass is 16.4. The Hall–Kier alpha value is -8.08. The molecule has 292 valence electrons. The third-order valence-corrected chi connectivity index (χ3v) is 13.3. The summed E-state index contributed by atoms with van der Waals surface area (Å²) < 4.78 is 15.6. The van der Waals surface area contributed by atoms with Crippen LogP contribution in [0, 0.1) is 0 Å². The molecule has 2 heterocycles. The molecule has 4 heteroatoms. The second kappa shape index (κ2) is 13.2. The van der Waals surface area contributed by atoms with Crippen molar-refractivity contribution >= 4 is 34.5 Å². The normalized spacial score (nSPS) is 14.1. The van der Waals surface area contributed by atoms with Gasteiger partial charge in [-0.3, -0.25) is 9.80 Å². The number of fused-ring (bicyclic) bond motifs is 16. The number of hydrogen-bond donors (Lipinski definition) is 0. The van der Waals surface area contributed by atoms with E-state index in [0.29, 0.717) is 0 Å². The molecule has 0 radical (unpaired) electrons. The van der Waals surface area contributed by atoms with Gasteiger partial charge in [-0.15, -0.1) is 0 Å². The zero-order chi connectivity index (χ0) is 40.8. The van der Waals surface area contributed by atoms with Crippen LogP contribution in [0.5, 0.6) is 0 Å². The van der Waals surface area contributed by atoms with Crippen molar-refractivity contribution in [3.8, 4) is 22.3 Å². The molecule has 2 spiro atoms. The molecule has 0 atom stereocenters. The van der Waals surface area contributed by atoms with Crippen molar-refractivity contribution in [1.82, 2.24) is 0 Å². The lowest BCUT2D eigenvalue weighted by molar-refractivity contribution is 0.405. The van der Waals surface area contributed by atoms with Gasteiger partial charge in [0.25, 0.3) is 0 Å². The largest absolute Gasteiger partial charge is 0.443 e. The van der Waals surface area contributed by atoms with E-state index < -0.39 is 10.8 Å². The maximum absolute atomic E-state index is 7.81. The quantitative estimate of drug-likeness (QED) is 0.168. The van der Waals surface area contributed by atoms with Crippen LogP contribution >= 0.6 is 0 Å². The molecule has 13 rings (SSSR count). The van der Waals surface area contributed by atoms with Crippen molar-refractivity contribution in [2.24, 2.45) is 0 Å². The third-order valence-electron chi connectivity index (χ3n) is 13.3. The average molecular weight is 795 g/mol. The molecule has 4 nitrogen and oxygen atoms in total. The summed E-state index contributed by atoms with van der Waals surface area (Å²) in [5.41, 5.74) is 13.8. The average Bonchev–Trinajstić information content (AvgIpc) is 4.11. The van der Waals surface area contributed by atoms with E-state index in [9.17, 15) is 0 Å². The second-order valence-electron chi connectivity index (χ2n) is 16.4. The van der Waals surface area contributed by atoms with Gasteiger partial charge in [0.05, 0.1) is 0 Å². The fourth-order valence-electron chi connectivity index (χ4n) is 11.0. The van der Waals surface area contributed by atoms with Gasteiger partial charge in [-0.25, -0.2) is 0 Å². The minimum absolute atomic E-state index is 0.732. The van der Waals surface area contributed by atoms with Crippen LogP contribution in [-0.4, -0.2) is 0 Å². The first-order chi connectivity index (χ1) is 30.8. The molecule has 0 bridgehead atoms. The minimum Gasteiger partial charge on any atom is -0.443 e. The van der Waals surface area contributed by atoms with E-state index in [2.05, 4.69) is 240 Å². The Kier molecular flexibility index (Phi) is 7.40. The van der Waals surface area contributed by atoms with Crippen LogP contribution in [0.15, 0.2) is 239 Å². The Morgan fingerprint density at radius 2 is 0.500 bits per heavy atom. The van der Waals surface area contributed by atoms with Crippen molar-refractivity contribution in [2.75, 3.05) is 9.80 Å². The molecular weight excluding hydrogens is 757 g/mol. The van der Waals surface area contributed by atoms with E-state index in [0.717, 1.165) is 57.2 Å². The van der Waals surface area contributed by atoms with Crippen LogP contribution in [0.25, 0.3) is 22.3 Å². The molecule has 0 amide bonds. The number of para-hydroxylation sites is 4. The second-order valence-corrected chi connectivity index (χ2v) is 16.4. The van der Waals surface area contributed by atoms with Crippen molar-refractivity contribution in [3.63, 3.8) is 0 Å². The first-order valence-electron chi connectivity index (χ1n) is 21.3. The summed E-state index contributed by atoms with van der Waals surface area (Å²) in [4.78, 5) is 4.50. The third kappa shape index (κ3) is 4.55. The van der Waals surface area contributed by atoms with Crippen LogP contribution in [-0.2, 0) is 10.8 Å². The van der Waals surface area contributed by atoms with Crippen LogP contribution < -0.4 is 9.80 Å². The van der Waals surface area contributed by atoms with E-state index in [1.807, 2.05) is 0 Å². The molecule has 2 aromatic heterocycles. The summed E-state index contributed by atoms with van der Waals surface area (Å²) in [5, 5.41) is 0. The van der Waals surface area contributed by atoms with Gasteiger partial charge in [0.2, 0.25) is 11.8 Å². The summed E-state index contributed by atoms with van der Waals surface area (Å²) in [6.07, 6.45) is 0. The van der Waals surface area contributed by atoms with Crippen LogP contribution in [0.2, 0.25) is 0 Å². The number of anilines is 6. The maximum Gasteiger partial charge on any atom is 0.205 e. The Morgan fingerprint density at radius 1 is 0.258 bits per heavy atom. The molecule has 0 unspecified atom stereocenters. The highest BCUT2D eigenvalue weighted by Gasteiger charge is 2.64. The lowest BCUT2D eigenvalue weighted by Crippen LogP contribution is -2.42. The first-order valence-corrected chi connectivity index (χ1v) is 21.3. The SMILES string of the molecule is c1ccc(N(c2ccccc2)c2cc3c(o2)C2(c4ccccc4-c4ccccc42)c2cc(N(c4ccccc4)c4ccccc4)oc2C32c3ccccc3-c3ccccc32)cc1. The van der Waals surface area contributed by atoms with E-state index in [4.69, 9.17) is 8.83 Å². The highest BCUT2D eigenvalue weighted by molar-refractivity contribution is 5.94. The molecule has 0 aliphatic heterocycles. The lowest BCUT2D eigenvalue weighted by Gasteiger charge is -2.42. The molecule has 10 aromatic rings. The van der Waals surface area contributed by atoms with E-state index in [1.165, 1.54) is 44.5 Å². The monoisotopic (exact) mass is 794 g/mol.